The summed E-state index contributed by atoms with van der Waals surface area (Å²) in [5, 5.41) is 6.94. The molecule has 0 saturated carbocycles. The van der Waals surface area contributed by atoms with Crippen LogP contribution in [0.25, 0.3) is 0 Å². The first kappa shape index (κ1) is 24.4. The molecule has 1 unspecified atom stereocenters. The summed E-state index contributed by atoms with van der Waals surface area (Å²) in [5.41, 5.74) is 3.55. The van der Waals surface area contributed by atoms with E-state index in [4.69, 9.17) is 4.74 Å². The van der Waals surface area contributed by atoms with E-state index in [1.165, 1.54) is 24.0 Å². The SMILES string of the molecule is CN=C(NCCc1ccc(C)nc1)NCC(c1cccc(OC)c1)N1CCCC1.I. The number of rotatable bonds is 8. The number of guanidine groups is 1. The van der Waals surface area contributed by atoms with E-state index >= 15 is 0 Å². The fourth-order valence-electron chi connectivity index (χ4n) is 3.75. The molecule has 0 amide bonds. The highest BCUT2D eigenvalue weighted by atomic mass is 127. The monoisotopic (exact) mass is 523 g/mol. The van der Waals surface area contributed by atoms with Gasteiger partial charge in [-0.15, -0.1) is 24.0 Å². The lowest BCUT2D eigenvalue weighted by atomic mass is 10.1. The van der Waals surface area contributed by atoms with E-state index in [0.29, 0.717) is 6.04 Å². The molecule has 7 heteroatoms. The molecule has 2 aromatic rings. The van der Waals surface area contributed by atoms with Crippen molar-refractivity contribution in [3.8, 4) is 5.75 Å². The van der Waals surface area contributed by atoms with Gasteiger partial charge in [0.05, 0.1) is 13.2 Å². The second kappa shape index (κ2) is 12.7. The van der Waals surface area contributed by atoms with Crippen molar-refractivity contribution in [2.24, 2.45) is 4.99 Å². The Labute approximate surface area is 197 Å². The number of methoxy groups -OCH3 is 1. The molecule has 2 heterocycles. The summed E-state index contributed by atoms with van der Waals surface area (Å²) in [5.74, 6) is 1.73. The molecule has 0 spiro atoms. The van der Waals surface area contributed by atoms with Crippen LogP contribution in [0.4, 0.5) is 0 Å². The summed E-state index contributed by atoms with van der Waals surface area (Å²) < 4.78 is 5.44. The third-order valence-electron chi connectivity index (χ3n) is 5.43. The number of nitrogens with one attached hydrogen (secondary N) is 2. The maximum Gasteiger partial charge on any atom is 0.191 e. The van der Waals surface area contributed by atoms with Crippen molar-refractivity contribution in [3.05, 3.63) is 59.4 Å². The molecule has 2 N–H and O–H groups in total. The number of halogens is 1. The van der Waals surface area contributed by atoms with E-state index in [1.807, 2.05) is 26.2 Å². The van der Waals surface area contributed by atoms with E-state index in [2.05, 4.69) is 55.8 Å². The zero-order chi connectivity index (χ0) is 20.5. The summed E-state index contributed by atoms with van der Waals surface area (Å²) in [6.45, 7) is 5.90. The summed E-state index contributed by atoms with van der Waals surface area (Å²) in [4.78, 5) is 11.3. The van der Waals surface area contributed by atoms with E-state index < -0.39 is 0 Å². The predicted molar refractivity (Wildman–Crippen MR) is 134 cm³/mol. The van der Waals surface area contributed by atoms with Crippen LogP contribution in [0.5, 0.6) is 5.75 Å². The molecule has 0 aliphatic carbocycles. The van der Waals surface area contributed by atoms with E-state index in [-0.39, 0.29) is 24.0 Å². The number of hydrogen-bond acceptors (Lipinski definition) is 4. The molecule has 6 nitrogen and oxygen atoms in total. The molecule has 30 heavy (non-hydrogen) atoms. The Morgan fingerprint density at radius 2 is 2.00 bits per heavy atom. The van der Waals surface area contributed by atoms with Crippen LogP contribution >= 0.6 is 24.0 Å². The number of aromatic nitrogens is 1. The van der Waals surface area contributed by atoms with Crippen LogP contribution in [0.3, 0.4) is 0 Å². The minimum Gasteiger partial charge on any atom is -0.497 e. The maximum absolute atomic E-state index is 5.44. The van der Waals surface area contributed by atoms with E-state index in [0.717, 1.165) is 50.0 Å². The Morgan fingerprint density at radius 3 is 2.67 bits per heavy atom. The van der Waals surface area contributed by atoms with Crippen LogP contribution in [0.2, 0.25) is 0 Å². The van der Waals surface area contributed by atoms with Crippen molar-refractivity contribution in [2.45, 2.75) is 32.2 Å². The molecule has 1 aromatic carbocycles. The van der Waals surface area contributed by atoms with E-state index in [9.17, 15) is 0 Å². The van der Waals surface area contributed by atoms with Gasteiger partial charge in [0, 0.05) is 32.0 Å². The van der Waals surface area contributed by atoms with Crippen LogP contribution < -0.4 is 15.4 Å². The molecule has 1 aromatic heterocycles. The largest absolute Gasteiger partial charge is 0.497 e. The molecule has 1 fully saturated rings. The summed E-state index contributed by atoms with van der Waals surface area (Å²) >= 11 is 0. The first-order chi connectivity index (χ1) is 14.2. The van der Waals surface area contributed by atoms with Gasteiger partial charge in [0.15, 0.2) is 5.96 Å². The van der Waals surface area contributed by atoms with Crippen molar-refractivity contribution < 1.29 is 4.74 Å². The second-order valence-corrected chi connectivity index (χ2v) is 7.47. The van der Waals surface area contributed by atoms with Gasteiger partial charge in [0.1, 0.15) is 5.75 Å². The molecule has 1 aliphatic heterocycles. The lowest BCUT2D eigenvalue weighted by molar-refractivity contribution is 0.245. The molecule has 164 valence electrons. The maximum atomic E-state index is 5.44. The summed E-state index contributed by atoms with van der Waals surface area (Å²) in [6, 6.07) is 12.9. The highest BCUT2D eigenvalue weighted by Crippen LogP contribution is 2.27. The Morgan fingerprint density at radius 1 is 1.20 bits per heavy atom. The van der Waals surface area contributed by atoms with Gasteiger partial charge in [-0.2, -0.15) is 0 Å². The number of ether oxygens (including phenoxy) is 1. The third-order valence-corrected chi connectivity index (χ3v) is 5.43. The minimum absolute atomic E-state index is 0. The summed E-state index contributed by atoms with van der Waals surface area (Å²) in [6.07, 6.45) is 5.38. The molecule has 1 aliphatic rings. The average molecular weight is 523 g/mol. The number of pyridine rings is 1. The van der Waals surface area contributed by atoms with Crippen molar-refractivity contribution >= 4 is 29.9 Å². The van der Waals surface area contributed by atoms with Crippen LogP contribution in [0.15, 0.2) is 47.6 Å². The topological polar surface area (TPSA) is 61.8 Å². The molecule has 0 bridgehead atoms. The van der Waals surface area contributed by atoms with Gasteiger partial charge >= 0.3 is 0 Å². The Hall–Kier alpha value is -1.87. The minimum atomic E-state index is 0. The molecular formula is C23H34IN5O. The van der Waals surface area contributed by atoms with Crippen molar-refractivity contribution in [1.29, 1.82) is 0 Å². The number of benzene rings is 1. The molecule has 3 rings (SSSR count). The van der Waals surface area contributed by atoms with Crippen molar-refractivity contribution in [2.75, 3.05) is 40.3 Å². The van der Waals surface area contributed by atoms with Crippen LogP contribution in [-0.2, 0) is 6.42 Å². The smallest absolute Gasteiger partial charge is 0.191 e. The first-order valence-electron chi connectivity index (χ1n) is 10.4. The van der Waals surface area contributed by atoms with Crippen LogP contribution in [-0.4, -0.2) is 56.2 Å². The van der Waals surface area contributed by atoms with Crippen molar-refractivity contribution in [3.63, 3.8) is 0 Å². The van der Waals surface area contributed by atoms with E-state index in [1.54, 1.807) is 7.11 Å². The fraction of sp³-hybridized carbons (Fsp3) is 0.478. The molecular weight excluding hydrogens is 489 g/mol. The Balaban J connectivity index is 0.00000320. The van der Waals surface area contributed by atoms with Crippen LogP contribution in [0, 0.1) is 6.92 Å². The number of likely N-dealkylation sites (tertiary alicyclic amines) is 1. The van der Waals surface area contributed by atoms with Gasteiger partial charge in [-0.1, -0.05) is 18.2 Å². The molecule has 0 radical (unpaired) electrons. The van der Waals surface area contributed by atoms with Crippen molar-refractivity contribution in [1.82, 2.24) is 20.5 Å². The first-order valence-corrected chi connectivity index (χ1v) is 10.4. The van der Waals surface area contributed by atoms with Gasteiger partial charge in [-0.25, -0.2) is 0 Å². The standard InChI is InChI=1S/C23H33N5O.HI/c1-18-9-10-19(16-26-18)11-12-25-23(24-2)27-17-22(28-13-4-5-14-28)20-7-6-8-21(15-20)29-3;/h6-10,15-16,22H,4-5,11-14,17H2,1-3H3,(H2,24,25,27);1H. The highest BCUT2D eigenvalue weighted by molar-refractivity contribution is 14.0. The molecule has 1 saturated heterocycles. The average Bonchev–Trinajstić information content (AvgIpc) is 3.28. The normalized spacial score (nSPS) is 15.4. The predicted octanol–water partition coefficient (Wildman–Crippen LogP) is 3.56. The van der Waals surface area contributed by atoms with Gasteiger partial charge in [0.25, 0.3) is 0 Å². The lowest BCUT2D eigenvalue weighted by Crippen LogP contribution is -2.43. The van der Waals surface area contributed by atoms with Gasteiger partial charge in [0.2, 0.25) is 0 Å². The fourth-order valence-corrected chi connectivity index (χ4v) is 3.75. The van der Waals surface area contributed by atoms with Gasteiger partial charge in [-0.05, 0) is 68.6 Å². The number of hydrogen-bond donors (Lipinski definition) is 2. The number of aliphatic imine (C=N–C) groups is 1. The third kappa shape index (κ3) is 7.12. The van der Waals surface area contributed by atoms with Gasteiger partial charge < -0.3 is 15.4 Å². The lowest BCUT2D eigenvalue weighted by Gasteiger charge is -2.29. The Bertz CT molecular complexity index is 790. The van der Waals surface area contributed by atoms with Crippen LogP contribution in [0.1, 0.15) is 35.7 Å². The zero-order valence-corrected chi connectivity index (χ0v) is 20.6. The summed E-state index contributed by atoms with van der Waals surface area (Å²) in [7, 11) is 3.54. The van der Waals surface area contributed by atoms with Gasteiger partial charge in [-0.3, -0.25) is 14.9 Å². The quantitative estimate of drug-likeness (QED) is 0.315. The Kier molecular flexibility index (Phi) is 10.4. The zero-order valence-electron chi connectivity index (χ0n) is 18.2. The highest BCUT2D eigenvalue weighted by Gasteiger charge is 2.24. The number of nitrogens with zero attached hydrogens (tertiary/aromatic N) is 3. The number of aryl methyl sites for hydroxylation is 1. The second-order valence-electron chi connectivity index (χ2n) is 7.47. The molecule has 1 atom stereocenters.